The Balaban J connectivity index is 2.55. The average molecular weight is 287 g/mol. The summed E-state index contributed by atoms with van der Waals surface area (Å²) in [7, 11) is 0. The number of hydrogen-bond donors (Lipinski definition) is 2. The van der Waals surface area contributed by atoms with Crippen molar-refractivity contribution in [3.05, 3.63) is 29.3 Å². The normalized spacial score (nSPS) is 11.7. The van der Waals surface area contributed by atoms with E-state index in [1.54, 1.807) is 12.1 Å². The minimum Gasteiger partial charge on any atom is -0.330 e. The molecule has 3 N–H and O–H groups in total. The van der Waals surface area contributed by atoms with E-state index in [4.69, 9.17) is 11.0 Å². The molecule has 0 aliphatic carbocycles. The molecule has 0 saturated heterocycles. The van der Waals surface area contributed by atoms with Gasteiger partial charge < -0.3 is 11.1 Å². The Morgan fingerprint density at radius 2 is 2.14 bits per heavy atom. The van der Waals surface area contributed by atoms with Crippen LogP contribution in [0.1, 0.15) is 50.2 Å². The summed E-state index contributed by atoms with van der Waals surface area (Å²) >= 11 is 0. The number of benzene rings is 1. The lowest BCUT2D eigenvalue weighted by molar-refractivity contribution is -0.116. The van der Waals surface area contributed by atoms with Gasteiger partial charge in [-0.25, -0.2) is 0 Å². The largest absolute Gasteiger partial charge is 0.330 e. The maximum atomic E-state index is 12.1. The molecule has 1 atom stereocenters. The van der Waals surface area contributed by atoms with E-state index in [1.807, 2.05) is 13.0 Å². The second kappa shape index (κ2) is 9.15. The van der Waals surface area contributed by atoms with Crippen molar-refractivity contribution in [2.45, 2.75) is 46.0 Å². The number of aryl methyl sites for hydroxylation is 1. The fraction of sp³-hybridized carbons (Fsp3) is 0.529. The van der Waals surface area contributed by atoms with Crippen LogP contribution in [0.2, 0.25) is 0 Å². The molecule has 21 heavy (non-hydrogen) atoms. The minimum absolute atomic E-state index is 0.00585. The molecule has 1 rings (SSSR count). The molecule has 1 aromatic carbocycles. The Morgan fingerprint density at radius 1 is 1.38 bits per heavy atom. The maximum absolute atomic E-state index is 12.1. The molecule has 1 aromatic rings. The monoisotopic (exact) mass is 287 g/mol. The number of carbonyl (C=O) groups is 1. The number of rotatable bonds is 8. The summed E-state index contributed by atoms with van der Waals surface area (Å²) in [6.45, 7) is 4.75. The van der Waals surface area contributed by atoms with Gasteiger partial charge in [-0.15, -0.1) is 0 Å². The minimum atomic E-state index is 0.00585. The van der Waals surface area contributed by atoms with E-state index in [1.165, 1.54) is 0 Å². The topological polar surface area (TPSA) is 78.9 Å². The number of amides is 1. The van der Waals surface area contributed by atoms with Crippen molar-refractivity contribution in [1.29, 1.82) is 5.26 Å². The van der Waals surface area contributed by atoms with E-state index in [2.05, 4.69) is 18.3 Å². The second-order valence-electron chi connectivity index (χ2n) is 5.46. The molecule has 114 valence electrons. The highest BCUT2D eigenvalue weighted by molar-refractivity contribution is 5.91. The van der Waals surface area contributed by atoms with Gasteiger partial charge >= 0.3 is 0 Å². The first-order valence-corrected chi connectivity index (χ1v) is 7.61. The number of nitrogens with two attached hydrogens (primary N) is 1. The van der Waals surface area contributed by atoms with E-state index in [0.29, 0.717) is 24.4 Å². The molecule has 4 nitrogen and oxygen atoms in total. The fourth-order valence-electron chi connectivity index (χ4n) is 2.45. The van der Waals surface area contributed by atoms with Crippen LogP contribution in [0.15, 0.2) is 18.2 Å². The molecule has 1 unspecified atom stereocenters. The first-order valence-electron chi connectivity index (χ1n) is 7.61. The second-order valence-corrected chi connectivity index (χ2v) is 5.46. The SMILES string of the molecule is CCCC(CCN)CCC(=O)Nc1cc(C#N)ccc1C. The molecular weight excluding hydrogens is 262 g/mol. The van der Waals surface area contributed by atoms with Crippen molar-refractivity contribution >= 4 is 11.6 Å². The summed E-state index contributed by atoms with van der Waals surface area (Å²) in [4.78, 5) is 12.1. The Labute approximate surface area is 127 Å². The summed E-state index contributed by atoms with van der Waals surface area (Å²) in [6.07, 6.45) is 4.59. The van der Waals surface area contributed by atoms with Crippen LogP contribution in [0.4, 0.5) is 5.69 Å². The van der Waals surface area contributed by atoms with Crippen LogP contribution in [0.5, 0.6) is 0 Å². The van der Waals surface area contributed by atoms with Gasteiger partial charge in [0.15, 0.2) is 0 Å². The highest BCUT2D eigenvalue weighted by atomic mass is 16.1. The van der Waals surface area contributed by atoms with Crippen molar-refractivity contribution in [1.82, 2.24) is 0 Å². The van der Waals surface area contributed by atoms with E-state index in [0.717, 1.165) is 36.9 Å². The maximum Gasteiger partial charge on any atom is 0.224 e. The van der Waals surface area contributed by atoms with Crippen molar-refractivity contribution in [2.75, 3.05) is 11.9 Å². The molecule has 4 heteroatoms. The number of hydrogen-bond acceptors (Lipinski definition) is 3. The lowest BCUT2D eigenvalue weighted by Gasteiger charge is -2.15. The summed E-state index contributed by atoms with van der Waals surface area (Å²) in [6, 6.07) is 7.41. The molecule has 0 aliphatic rings. The molecule has 0 fully saturated rings. The van der Waals surface area contributed by atoms with Crippen LogP contribution in [-0.4, -0.2) is 12.5 Å². The van der Waals surface area contributed by atoms with E-state index < -0.39 is 0 Å². The predicted molar refractivity (Wildman–Crippen MR) is 85.8 cm³/mol. The van der Waals surface area contributed by atoms with Gasteiger partial charge in [0, 0.05) is 12.1 Å². The molecule has 0 spiro atoms. The number of nitriles is 1. The lowest BCUT2D eigenvalue weighted by atomic mass is 9.94. The average Bonchev–Trinajstić information content (AvgIpc) is 2.47. The standard InChI is InChI=1S/C17H25N3O/c1-3-4-14(9-10-18)7-8-17(21)20-16-11-15(12-19)6-5-13(16)2/h5-6,11,14H,3-4,7-10,18H2,1-2H3,(H,20,21). The third-order valence-electron chi connectivity index (χ3n) is 3.69. The van der Waals surface area contributed by atoms with Crippen molar-refractivity contribution < 1.29 is 4.79 Å². The van der Waals surface area contributed by atoms with Crippen molar-refractivity contribution in [3.8, 4) is 6.07 Å². The molecule has 1 amide bonds. The van der Waals surface area contributed by atoms with Gasteiger partial charge in [0.25, 0.3) is 0 Å². The smallest absolute Gasteiger partial charge is 0.224 e. The zero-order chi connectivity index (χ0) is 15.7. The third kappa shape index (κ3) is 5.97. The number of carbonyl (C=O) groups excluding carboxylic acids is 1. The highest BCUT2D eigenvalue weighted by Crippen LogP contribution is 2.19. The van der Waals surface area contributed by atoms with Crippen LogP contribution in [0, 0.1) is 24.2 Å². The van der Waals surface area contributed by atoms with Gasteiger partial charge in [-0.2, -0.15) is 5.26 Å². The van der Waals surface area contributed by atoms with Gasteiger partial charge in [-0.3, -0.25) is 4.79 Å². The molecule has 0 radical (unpaired) electrons. The van der Waals surface area contributed by atoms with E-state index in [-0.39, 0.29) is 5.91 Å². The third-order valence-corrected chi connectivity index (χ3v) is 3.69. The molecule has 0 aliphatic heterocycles. The molecule has 0 saturated carbocycles. The van der Waals surface area contributed by atoms with Crippen molar-refractivity contribution in [2.24, 2.45) is 11.7 Å². The van der Waals surface area contributed by atoms with Crippen molar-refractivity contribution in [3.63, 3.8) is 0 Å². The molecular formula is C17H25N3O. The fourth-order valence-corrected chi connectivity index (χ4v) is 2.45. The summed E-state index contributed by atoms with van der Waals surface area (Å²) < 4.78 is 0. The number of anilines is 1. The van der Waals surface area contributed by atoms with Gasteiger partial charge in [0.05, 0.1) is 11.6 Å². The van der Waals surface area contributed by atoms with Crippen LogP contribution in [0.25, 0.3) is 0 Å². The van der Waals surface area contributed by atoms with Gasteiger partial charge in [0.2, 0.25) is 5.91 Å². The quantitative estimate of drug-likeness (QED) is 0.769. The first-order chi connectivity index (χ1) is 10.1. The number of nitrogens with one attached hydrogen (secondary N) is 1. The molecule has 0 bridgehead atoms. The van der Waals surface area contributed by atoms with E-state index >= 15 is 0 Å². The lowest BCUT2D eigenvalue weighted by Crippen LogP contribution is -2.16. The summed E-state index contributed by atoms with van der Waals surface area (Å²) in [5.74, 6) is 0.531. The van der Waals surface area contributed by atoms with Gasteiger partial charge in [-0.05, 0) is 49.9 Å². The zero-order valence-electron chi connectivity index (χ0n) is 13.0. The van der Waals surface area contributed by atoms with Crippen LogP contribution < -0.4 is 11.1 Å². The van der Waals surface area contributed by atoms with Crippen LogP contribution >= 0.6 is 0 Å². The Kier molecular flexibility index (Phi) is 7.49. The first kappa shape index (κ1) is 17.2. The van der Waals surface area contributed by atoms with Crippen LogP contribution in [0.3, 0.4) is 0 Å². The summed E-state index contributed by atoms with van der Waals surface area (Å²) in [5, 5.41) is 11.8. The predicted octanol–water partition coefficient (Wildman–Crippen LogP) is 3.35. The highest BCUT2D eigenvalue weighted by Gasteiger charge is 2.11. The van der Waals surface area contributed by atoms with Crippen LogP contribution in [-0.2, 0) is 4.79 Å². The summed E-state index contributed by atoms with van der Waals surface area (Å²) in [5.41, 5.74) is 7.86. The molecule has 0 heterocycles. The Hall–Kier alpha value is -1.86. The van der Waals surface area contributed by atoms with E-state index in [9.17, 15) is 4.79 Å². The van der Waals surface area contributed by atoms with Gasteiger partial charge in [0.1, 0.15) is 0 Å². The number of nitrogens with zero attached hydrogens (tertiary/aromatic N) is 1. The molecule has 0 aromatic heterocycles. The Bertz CT molecular complexity index is 499. The Morgan fingerprint density at radius 3 is 2.76 bits per heavy atom. The van der Waals surface area contributed by atoms with Gasteiger partial charge in [-0.1, -0.05) is 25.8 Å². The zero-order valence-corrected chi connectivity index (χ0v) is 13.0.